The van der Waals surface area contributed by atoms with Crippen molar-refractivity contribution in [2.45, 2.75) is 12.8 Å². The van der Waals surface area contributed by atoms with Crippen molar-refractivity contribution in [1.29, 1.82) is 0 Å². The molecule has 9 heteroatoms. The van der Waals surface area contributed by atoms with E-state index >= 15 is 0 Å². The van der Waals surface area contributed by atoms with E-state index in [0.717, 1.165) is 73.1 Å². The van der Waals surface area contributed by atoms with E-state index in [0.29, 0.717) is 0 Å². The Balaban J connectivity index is 1.19. The summed E-state index contributed by atoms with van der Waals surface area (Å²) in [6, 6.07) is 11.9. The normalized spacial score (nSPS) is 19.6. The fourth-order valence-corrected chi connectivity index (χ4v) is 5.32. The molecule has 1 atom stereocenters. The molecule has 0 N–H and O–H groups in total. The van der Waals surface area contributed by atoms with E-state index in [4.69, 9.17) is 11.6 Å². The topological polar surface area (TPSA) is 57.5 Å². The summed E-state index contributed by atoms with van der Waals surface area (Å²) < 4.78 is 1.97. The second kappa shape index (κ2) is 8.88. The smallest absolute Gasteiger partial charge is 0.227 e. The zero-order valence-electron chi connectivity index (χ0n) is 17.2. The predicted molar refractivity (Wildman–Crippen MR) is 124 cm³/mol. The van der Waals surface area contributed by atoms with E-state index in [1.165, 1.54) is 0 Å². The van der Waals surface area contributed by atoms with Gasteiger partial charge in [-0.1, -0.05) is 22.9 Å². The standard InChI is InChI=1S/C22H25ClN6OS/c23-18-5-7-19(8-6-18)26-12-14-27(15-13-26)20(30)17-4-3-11-29(16-17)22-25-24-21(31-22)28-9-1-2-10-28/h1-2,5-10,17H,3-4,11-16H2/t17-/m1/s1. The molecular formula is C22H25ClN6OS. The number of anilines is 2. The highest BCUT2D eigenvalue weighted by Gasteiger charge is 2.32. The molecule has 3 aromatic rings. The maximum Gasteiger partial charge on any atom is 0.227 e. The predicted octanol–water partition coefficient (Wildman–Crippen LogP) is 3.55. The summed E-state index contributed by atoms with van der Waals surface area (Å²) in [5.74, 6) is 0.297. The summed E-state index contributed by atoms with van der Waals surface area (Å²) >= 11 is 7.57. The molecule has 2 aromatic heterocycles. The van der Waals surface area contributed by atoms with Crippen LogP contribution < -0.4 is 9.80 Å². The number of halogens is 1. The first kappa shape index (κ1) is 20.3. The van der Waals surface area contributed by atoms with Crippen LogP contribution in [-0.2, 0) is 4.79 Å². The molecule has 162 valence electrons. The quantitative estimate of drug-likeness (QED) is 0.601. The number of benzene rings is 1. The van der Waals surface area contributed by atoms with E-state index in [-0.39, 0.29) is 11.8 Å². The van der Waals surface area contributed by atoms with Gasteiger partial charge in [0.05, 0.1) is 5.92 Å². The molecule has 5 rings (SSSR count). The first-order valence-electron chi connectivity index (χ1n) is 10.7. The van der Waals surface area contributed by atoms with E-state index < -0.39 is 0 Å². The van der Waals surface area contributed by atoms with Crippen molar-refractivity contribution in [2.75, 3.05) is 49.1 Å². The van der Waals surface area contributed by atoms with Crippen LogP contribution >= 0.6 is 22.9 Å². The van der Waals surface area contributed by atoms with Crippen molar-refractivity contribution in [1.82, 2.24) is 19.7 Å². The SMILES string of the molecule is O=C([C@@H]1CCCN(c2nnc(-n3cccc3)s2)C1)N1CCN(c2ccc(Cl)cc2)CC1. The minimum atomic E-state index is 0.0229. The molecule has 31 heavy (non-hydrogen) atoms. The fraction of sp³-hybridized carbons (Fsp3) is 0.409. The minimum absolute atomic E-state index is 0.0229. The Bertz CT molecular complexity index is 1010. The lowest BCUT2D eigenvalue weighted by atomic mass is 9.96. The molecule has 2 saturated heterocycles. The molecule has 2 aliphatic rings. The Morgan fingerprint density at radius 1 is 0.935 bits per heavy atom. The summed E-state index contributed by atoms with van der Waals surface area (Å²) in [5, 5.41) is 11.2. The molecule has 0 radical (unpaired) electrons. The van der Waals surface area contributed by atoms with E-state index in [9.17, 15) is 4.79 Å². The third-order valence-electron chi connectivity index (χ3n) is 6.05. The number of amides is 1. The lowest BCUT2D eigenvalue weighted by Crippen LogP contribution is -2.52. The van der Waals surface area contributed by atoms with Crippen LogP contribution in [0.25, 0.3) is 5.13 Å². The lowest BCUT2D eigenvalue weighted by Gasteiger charge is -2.39. The molecule has 0 bridgehead atoms. The fourth-order valence-electron chi connectivity index (χ4n) is 4.35. The van der Waals surface area contributed by atoms with Crippen molar-refractivity contribution < 1.29 is 4.79 Å². The summed E-state index contributed by atoms with van der Waals surface area (Å²) in [7, 11) is 0. The maximum absolute atomic E-state index is 13.2. The average Bonchev–Trinajstić information content (AvgIpc) is 3.52. The molecule has 7 nitrogen and oxygen atoms in total. The highest BCUT2D eigenvalue weighted by molar-refractivity contribution is 7.17. The van der Waals surface area contributed by atoms with Gasteiger partial charge in [-0.25, -0.2) is 0 Å². The van der Waals surface area contributed by atoms with Crippen LogP contribution in [0.15, 0.2) is 48.8 Å². The maximum atomic E-state index is 13.2. The zero-order valence-corrected chi connectivity index (χ0v) is 18.8. The van der Waals surface area contributed by atoms with Gasteiger partial charge in [0.1, 0.15) is 0 Å². The van der Waals surface area contributed by atoms with Crippen molar-refractivity contribution in [3.63, 3.8) is 0 Å². The Morgan fingerprint density at radius 2 is 1.65 bits per heavy atom. The molecule has 1 amide bonds. The number of hydrogen-bond donors (Lipinski definition) is 0. The molecule has 4 heterocycles. The first-order valence-corrected chi connectivity index (χ1v) is 11.9. The number of rotatable bonds is 4. The Morgan fingerprint density at radius 3 is 2.39 bits per heavy atom. The van der Waals surface area contributed by atoms with Crippen molar-refractivity contribution in [2.24, 2.45) is 5.92 Å². The second-order valence-electron chi connectivity index (χ2n) is 8.03. The van der Waals surface area contributed by atoms with Crippen molar-refractivity contribution in [3.8, 4) is 5.13 Å². The Labute approximate surface area is 190 Å². The van der Waals surface area contributed by atoms with Crippen molar-refractivity contribution in [3.05, 3.63) is 53.8 Å². The van der Waals surface area contributed by atoms with Gasteiger partial charge in [0.15, 0.2) is 0 Å². The molecule has 0 spiro atoms. The average molecular weight is 457 g/mol. The summed E-state index contributed by atoms with van der Waals surface area (Å²) in [4.78, 5) is 19.8. The number of carbonyl (C=O) groups is 1. The van der Waals surface area contributed by atoms with Crippen LogP contribution in [0.3, 0.4) is 0 Å². The molecule has 2 fully saturated rings. The van der Waals surface area contributed by atoms with Gasteiger partial charge in [-0.15, -0.1) is 10.2 Å². The van der Waals surface area contributed by atoms with Gasteiger partial charge < -0.3 is 14.7 Å². The van der Waals surface area contributed by atoms with Crippen LogP contribution in [0.2, 0.25) is 5.02 Å². The van der Waals surface area contributed by atoms with Crippen LogP contribution in [0, 0.1) is 5.92 Å². The zero-order chi connectivity index (χ0) is 21.2. The molecule has 0 unspecified atom stereocenters. The Hall–Kier alpha value is -2.58. The molecule has 1 aromatic carbocycles. The molecular weight excluding hydrogens is 432 g/mol. The van der Waals surface area contributed by atoms with Gasteiger partial charge >= 0.3 is 0 Å². The lowest BCUT2D eigenvalue weighted by molar-refractivity contribution is -0.136. The largest absolute Gasteiger partial charge is 0.368 e. The van der Waals surface area contributed by atoms with E-state index in [1.807, 2.05) is 58.3 Å². The molecule has 0 aliphatic carbocycles. The minimum Gasteiger partial charge on any atom is -0.368 e. The van der Waals surface area contributed by atoms with Gasteiger partial charge in [-0.2, -0.15) is 0 Å². The van der Waals surface area contributed by atoms with Crippen LogP contribution in [-0.4, -0.2) is 64.8 Å². The van der Waals surface area contributed by atoms with E-state index in [2.05, 4.69) is 20.0 Å². The number of nitrogens with zero attached hydrogens (tertiary/aromatic N) is 6. The number of piperazine rings is 1. The second-order valence-corrected chi connectivity index (χ2v) is 9.40. The van der Waals surface area contributed by atoms with Crippen LogP contribution in [0.5, 0.6) is 0 Å². The first-order chi connectivity index (χ1) is 15.2. The van der Waals surface area contributed by atoms with Crippen molar-refractivity contribution >= 4 is 39.7 Å². The third-order valence-corrected chi connectivity index (χ3v) is 7.30. The van der Waals surface area contributed by atoms with Gasteiger partial charge in [0.25, 0.3) is 0 Å². The van der Waals surface area contributed by atoms with Gasteiger partial charge in [0.2, 0.25) is 16.2 Å². The van der Waals surface area contributed by atoms with Gasteiger partial charge in [0, 0.05) is 62.4 Å². The van der Waals surface area contributed by atoms with Gasteiger partial charge in [-0.05, 0) is 49.2 Å². The van der Waals surface area contributed by atoms with Crippen LogP contribution in [0.4, 0.5) is 10.8 Å². The summed E-state index contributed by atoms with van der Waals surface area (Å²) in [6.45, 7) is 4.86. The number of piperidine rings is 1. The summed E-state index contributed by atoms with van der Waals surface area (Å²) in [5.41, 5.74) is 1.16. The highest BCUT2D eigenvalue weighted by Crippen LogP contribution is 2.29. The number of carbonyl (C=O) groups excluding carboxylic acids is 1. The summed E-state index contributed by atoms with van der Waals surface area (Å²) in [6.07, 6.45) is 5.88. The third kappa shape index (κ3) is 4.41. The van der Waals surface area contributed by atoms with Crippen LogP contribution in [0.1, 0.15) is 12.8 Å². The monoisotopic (exact) mass is 456 g/mol. The number of aromatic nitrogens is 3. The Kier molecular flexibility index (Phi) is 5.82. The highest BCUT2D eigenvalue weighted by atomic mass is 35.5. The molecule has 2 aliphatic heterocycles. The molecule has 0 saturated carbocycles. The van der Waals surface area contributed by atoms with Gasteiger partial charge in [-0.3, -0.25) is 9.36 Å². The number of hydrogen-bond acceptors (Lipinski definition) is 6. The van der Waals surface area contributed by atoms with E-state index in [1.54, 1.807) is 11.3 Å².